The van der Waals surface area contributed by atoms with Crippen LogP contribution in [0.2, 0.25) is 0 Å². The van der Waals surface area contributed by atoms with Gasteiger partial charge >= 0.3 is 0 Å². The lowest BCUT2D eigenvalue weighted by molar-refractivity contribution is -0.120. The van der Waals surface area contributed by atoms with E-state index in [-0.39, 0.29) is 11.9 Å². The van der Waals surface area contributed by atoms with Crippen molar-refractivity contribution in [3.05, 3.63) is 0 Å². The van der Waals surface area contributed by atoms with Gasteiger partial charge in [0.2, 0.25) is 5.91 Å². The van der Waals surface area contributed by atoms with Gasteiger partial charge in [0.15, 0.2) is 0 Å². The first-order valence-corrected chi connectivity index (χ1v) is 6.14. The van der Waals surface area contributed by atoms with Crippen molar-refractivity contribution in [2.24, 2.45) is 5.92 Å². The summed E-state index contributed by atoms with van der Waals surface area (Å²) in [5.74, 6) is 0.689. The molecule has 1 amide bonds. The van der Waals surface area contributed by atoms with Crippen LogP contribution in [0, 0.1) is 5.92 Å². The van der Waals surface area contributed by atoms with Crippen LogP contribution in [-0.2, 0) is 9.53 Å². The van der Waals surface area contributed by atoms with Gasteiger partial charge in [-0.2, -0.15) is 0 Å². The highest BCUT2D eigenvalue weighted by Gasteiger charge is 2.05. The van der Waals surface area contributed by atoms with Gasteiger partial charge in [-0.15, -0.1) is 0 Å². The number of carbonyl (C=O) groups is 1. The van der Waals surface area contributed by atoms with Gasteiger partial charge in [-0.3, -0.25) is 4.79 Å². The summed E-state index contributed by atoms with van der Waals surface area (Å²) in [5.41, 5.74) is 0. The number of nitrogens with one attached hydrogen (secondary N) is 2. The summed E-state index contributed by atoms with van der Waals surface area (Å²) in [6.45, 7) is 10.8. The van der Waals surface area contributed by atoms with Crippen LogP contribution >= 0.6 is 0 Å². The van der Waals surface area contributed by atoms with E-state index in [1.165, 1.54) is 0 Å². The van der Waals surface area contributed by atoms with E-state index in [0.717, 1.165) is 13.0 Å². The number of hydrogen-bond donors (Lipinski definition) is 2. The topological polar surface area (TPSA) is 50.4 Å². The van der Waals surface area contributed by atoms with Crippen LogP contribution in [0.1, 0.15) is 34.1 Å². The minimum Gasteiger partial charge on any atom is -0.380 e. The predicted octanol–water partition coefficient (Wildman–Crippen LogP) is 1.16. The fourth-order valence-electron chi connectivity index (χ4n) is 1.18. The molecule has 0 aliphatic rings. The van der Waals surface area contributed by atoms with Crippen molar-refractivity contribution >= 4 is 5.91 Å². The van der Waals surface area contributed by atoms with Crippen LogP contribution in [0.5, 0.6) is 0 Å². The highest BCUT2D eigenvalue weighted by Crippen LogP contribution is 1.95. The van der Waals surface area contributed by atoms with E-state index >= 15 is 0 Å². The molecule has 0 aromatic heterocycles. The predicted molar refractivity (Wildman–Crippen MR) is 66.4 cm³/mol. The Labute approximate surface area is 99.1 Å². The summed E-state index contributed by atoms with van der Waals surface area (Å²) in [4.78, 5) is 11.4. The molecular weight excluding hydrogens is 204 g/mol. The normalized spacial score (nSPS) is 12.8. The van der Waals surface area contributed by atoms with Gasteiger partial charge in [0.05, 0.1) is 13.2 Å². The van der Waals surface area contributed by atoms with Gasteiger partial charge in [0, 0.05) is 19.2 Å². The van der Waals surface area contributed by atoms with E-state index < -0.39 is 0 Å². The standard InChI is InChI=1S/C12H26N2O2/c1-5-16-9-11(4)14-8-12(15)13-7-6-10(2)3/h10-11,14H,5-9H2,1-4H3,(H,13,15). The SMILES string of the molecule is CCOCC(C)NCC(=O)NCCC(C)C. The summed E-state index contributed by atoms with van der Waals surface area (Å²) in [6.07, 6.45) is 1.03. The molecule has 0 aliphatic heterocycles. The molecule has 4 heteroatoms. The van der Waals surface area contributed by atoms with Crippen molar-refractivity contribution in [3.63, 3.8) is 0 Å². The van der Waals surface area contributed by atoms with Crippen LogP contribution in [0.25, 0.3) is 0 Å². The monoisotopic (exact) mass is 230 g/mol. The molecular formula is C12H26N2O2. The Morgan fingerprint density at radius 3 is 2.56 bits per heavy atom. The second-order valence-electron chi connectivity index (χ2n) is 4.47. The molecule has 0 aromatic rings. The van der Waals surface area contributed by atoms with Crippen LogP contribution in [0.15, 0.2) is 0 Å². The zero-order valence-corrected chi connectivity index (χ0v) is 11.0. The Bertz CT molecular complexity index is 184. The minimum atomic E-state index is 0.0593. The molecule has 0 aliphatic carbocycles. The summed E-state index contributed by atoms with van der Waals surface area (Å²) in [6, 6.07) is 0.218. The van der Waals surface area contributed by atoms with Crippen LogP contribution in [0.4, 0.5) is 0 Å². The van der Waals surface area contributed by atoms with E-state index in [9.17, 15) is 4.79 Å². The Kier molecular flexibility index (Phi) is 9.24. The minimum absolute atomic E-state index is 0.0593. The molecule has 1 atom stereocenters. The lowest BCUT2D eigenvalue weighted by Crippen LogP contribution is -2.40. The Morgan fingerprint density at radius 2 is 2.00 bits per heavy atom. The molecule has 0 rings (SSSR count). The number of rotatable bonds is 9. The molecule has 0 saturated heterocycles. The summed E-state index contributed by atoms with van der Waals surface area (Å²) in [7, 11) is 0. The highest BCUT2D eigenvalue weighted by atomic mass is 16.5. The van der Waals surface area contributed by atoms with Crippen molar-refractivity contribution in [2.45, 2.75) is 40.2 Å². The van der Waals surface area contributed by atoms with Crippen molar-refractivity contribution in [3.8, 4) is 0 Å². The number of amides is 1. The molecule has 0 radical (unpaired) electrons. The lowest BCUT2D eigenvalue weighted by Gasteiger charge is -2.13. The lowest BCUT2D eigenvalue weighted by atomic mass is 10.1. The quantitative estimate of drug-likeness (QED) is 0.625. The van der Waals surface area contributed by atoms with E-state index in [1.807, 2.05) is 13.8 Å². The largest absolute Gasteiger partial charge is 0.380 e. The summed E-state index contributed by atoms with van der Waals surface area (Å²) in [5, 5.41) is 6.00. The van der Waals surface area contributed by atoms with Gasteiger partial charge < -0.3 is 15.4 Å². The first-order chi connectivity index (χ1) is 7.56. The summed E-state index contributed by atoms with van der Waals surface area (Å²) >= 11 is 0. The van der Waals surface area contributed by atoms with Gasteiger partial charge in [-0.1, -0.05) is 13.8 Å². The first-order valence-electron chi connectivity index (χ1n) is 6.14. The molecule has 0 spiro atoms. The van der Waals surface area contributed by atoms with Crippen molar-refractivity contribution in [2.75, 3.05) is 26.3 Å². The second kappa shape index (κ2) is 9.60. The fraction of sp³-hybridized carbons (Fsp3) is 0.917. The third-order valence-corrected chi connectivity index (χ3v) is 2.23. The molecule has 16 heavy (non-hydrogen) atoms. The van der Waals surface area contributed by atoms with Gasteiger partial charge in [-0.05, 0) is 26.2 Å². The van der Waals surface area contributed by atoms with E-state index in [2.05, 4.69) is 24.5 Å². The molecule has 0 saturated carbocycles. The highest BCUT2D eigenvalue weighted by molar-refractivity contribution is 5.77. The molecule has 96 valence electrons. The maximum atomic E-state index is 11.4. The second-order valence-corrected chi connectivity index (χ2v) is 4.47. The first kappa shape index (κ1) is 15.4. The van der Waals surface area contributed by atoms with Crippen molar-refractivity contribution < 1.29 is 9.53 Å². The van der Waals surface area contributed by atoms with Crippen LogP contribution < -0.4 is 10.6 Å². The molecule has 0 heterocycles. The Hall–Kier alpha value is -0.610. The average Bonchev–Trinajstić information content (AvgIpc) is 2.23. The zero-order chi connectivity index (χ0) is 12.4. The van der Waals surface area contributed by atoms with Crippen molar-refractivity contribution in [1.29, 1.82) is 0 Å². The number of hydrogen-bond acceptors (Lipinski definition) is 3. The third kappa shape index (κ3) is 9.93. The molecule has 1 unspecified atom stereocenters. The van der Waals surface area contributed by atoms with Gasteiger partial charge in [0.25, 0.3) is 0 Å². The number of carbonyl (C=O) groups excluding carboxylic acids is 1. The van der Waals surface area contributed by atoms with Crippen LogP contribution in [-0.4, -0.2) is 38.3 Å². The molecule has 2 N–H and O–H groups in total. The average molecular weight is 230 g/mol. The Balaban J connectivity index is 3.42. The van der Waals surface area contributed by atoms with Crippen LogP contribution in [0.3, 0.4) is 0 Å². The van der Waals surface area contributed by atoms with Crippen molar-refractivity contribution in [1.82, 2.24) is 10.6 Å². The van der Waals surface area contributed by atoms with E-state index in [0.29, 0.717) is 25.7 Å². The summed E-state index contributed by atoms with van der Waals surface area (Å²) < 4.78 is 5.25. The molecule has 4 nitrogen and oxygen atoms in total. The zero-order valence-electron chi connectivity index (χ0n) is 11.0. The third-order valence-electron chi connectivity index (χ3n) is 2.23. The number of ether oxygens (including phenoxy) is 1. The smallest absolute Gasteiger partial charge is 0.233 e. The maximum Gasteiger partial charge on any atom is 0.233 e. The molecule has 0 fully saturated rings. The fourth-order valence-corrected chi connectivity index (χ4v) is 1.18. The maximum absolute atomic E-state index is 11.4. The Morgan fingerprint density at radius 1 is 1.31 bits per heavy atom. The molecule has 0 bridgehead atoms. The van der Waals surface area contributed by atoms with E-state index in [4.69, 9.17) is 4.74 Å². The van der Waals surface area contributed by atoms with Gasteiger partial charge in [0.1, 0.15) is 0 Å². The molecule has 0 aromatic carbocycles. The van der Waals surface area contributed by atoms with Gasteiger partial charge in [-0.25, -0.2) is 0 Å². The van der Waals surface area contributed by atoms with E-state index in [1.54, 1.807) is 0 Å².